The van der Waals surface area contributed by atoms with E-state index in [0.29, 0.717) is 19.5 Å². The minimum absolute atomic E-state index is 0.111. The van der Waals surface area contributed by atoms with Crippen LogP contribution in [0.25, 0.3) is 11.0 Å². The topological polar surface area (TPSA) is 84.5 Å². The number of amides is 1. The first-order chi connectivity index (χ1) is 11.3. The Bertz CT molecular complexity index is 866. The fourth-order valence-electron chi connectivity index (χ4n) is 3.29. The Morgan fingerprint density at radius 2 is 1.92 bits per heavy atom. The number of likely N-dealkylation sites (tertiary alicyclic amines) is 1. The van der Waals surface area contributed by atoms with Crippen molar-refractivity contribution in [3.8, 4) is 0 Å². The molecule has 0 saturated carbocycles. The molecule has 3 rings (SSSR count). The number of para-hydroxylation sites is 2. The van der Waals surface area contributed by atoms with Crippen LogP contribution in [0.4, 0.5) is 0 Å². The molecule has 0 radical (unpaired) electrons. The van der Waals surface area contributed by atoms with Gasteiger partial charge in [-0.3, -0.25) is 18.7 Å². The molecule has 1 amide bonds. The summed E-state index contributed by atoms with van der Waals surface area (Å²) in [5.41, 5.74) is 0.608. The predicted octanol–water partition coefficient (Wildman–Crippen LogP) is 1.05. The van der Waals surface area contributed by atoms with Crippen LogP contribution in [0.15, 0.2) is 29.1 Å². The molecule has 1 saturated heterocycles. The monoisotopic (exact) mass is 331 g/mol. The quantitative estimate of drug-likeness (QED) is 0.908. The molecule has 2 aromatic rings. The van der Waals surface area contributed by atoms with E-state index in [1.165, 1.54) is 0 Å². The lowest BCUT2D eigenvalue weighted by atomic mass is 9.90. The molecular formula is C17H21N3O4. The summed E-state index contributed by atoms with van der Waals surface area (Å²) in [7, 11) is 1.71. The summed E-state index contributed by atoms with van der Waals surface area (Å²) in [6.45, 7) is 2.63. The van der Waals surface area contributed by atoms with Crippen molar-refractivity contribution in [1.82, 2.24) is 14.0 Å². The molecule has 0 aliphatic carbocycles. The van der Waals surface area contributed by atoms with Crippen molar-refractivity contribution in [1.29, 1.82) is 0 Å². The lowest BCUT2D eigenvalue weighted by molar-refractivity contribution is -0.147. The lowest BCUT2D eigenvalue weighted by Gasteiger charge is -2.20. The Kier molecular flexibility index (Phi) is 3.95. The summed E-state index contributed by atoms with van der Waals surface area (Å²) >= 11 is 0. The van der Waals surface area contributed by atoms with Gasteiger partial charge < -0.3 is 10.0 Å². The predicted molar refractivity (Wildman–Crippen MR) is 88.7 cm³/mol. The van der Waals surface area contributed by atoms with Crippen LogP contribution in [0.1, 0.15) is 19.8 Å². The third kappa shape index (κ3) is 2.60. The van der Waals surface area contributed by atoms with E-state index in [-0.39, 0.29) is 24.6 Å². The molecule has 1 aromatic heterocycles. The Balaban J connectivity index is 1.73. The SMILES string of the molecule is Cn1c(=O)n(CCC(=O)N2CCC(C)(C(=O)O)C2)c2ccccc21. The second-order valence-corrected chi connectivity index (χ2v) is 6.66. The van der Waals surface area contributed by atoms with Crippen molar-refractivity contribution in [2.45, 2.75) is 26.3 Å². The smallest absolute Gasteiger partial charge is 0.328 e. The highest BCUT2D eigenvalue weighted by Gasteiger charge is 2.41. The van der Waals surface area contributed by atoms with Crippen molar-refractivity contribution in [2.24, 2.45) is 12.5 Å². The lowest BCUT2D eigenvalue weighted by Crippen LogP contribution is -2.35. The number of aliphatic carboxylic acids is 1. The van der Waals surface area contributed by atoms with Crippen LogP contribution in [-0.2, 0) is 23.2 Å². The molecule has 24 heavy (non-hydrogen) atoms. The maximum absolute atomic E-state index is 12.4. The molecule has 1 N–H and O–H groups in total. The van der Waals surface area contributed by atoms with Crippen molar-refractivity contribution in [3.05, 3.63) is 34.7 Å². The van der Waals surface area contributed by atoms with E-state index in [0.717, 1.165) is 11.0 Å². The van der Waals surface area contributed by atoms with Gasteiger partial charge in [-0.15, -0.1) is 0 Å². The number of hydrogen-bond donors (Lipinski definition) is 1. The number of carbonyl (C=O) groups is 2. The first-order valence-corrected chi connectivity index (χ1v) is 7.99. The fourth-order valence-corrected chi connectivity index (χ4v) is 3.29. The zero-order valence-electron chi connectivity index (χ0n) is 13.9. The fraction of sp³-hybridized carbons (Fsp3) is 0.471. The van der Waals surface area contributed by atoms with Crippen LogP contribution in [0.3, 0.4) is 0 Å². The van der Waals surface area contributed by atoms with Crippen molar-refractivity contribution in [2.75, 3.05) is 13.1 Å². The molecule has 1 aliphatic rings. The maximum atomic E-state index is 12.4. The molecule has 7 heteroatoms. The number of fused-ring (bicyclic) bond motifs is 1. The summed E-state index contributed by atoms with van der Waals surface area (Å²) in [6, 6.07) is 7.46. The number of hydrogen-bond acceptors (Lipinski definition) is 3. The summed E-state index contributed by atoms with van der Waals surface area (Å²) < 4.78 is 3.16. The van der Waals surface area contributed by atoms with Crippen LogP contribution in [-0.4, -0.2) is 44.1 Å². The number of carboxylic acid groups (broad SMARTS) is 1. The second kappa shape index (κ2) is 5.81. The van der Waals surface area contributed by atoms with Crippen molar-refractivity contribution in [3.63, 3.8) is 0 Å². The van der Waals surface area contributed by atoms with Crippen molar-refractivity contribution >= 4 is 22.9 Å². The molecule has 1 unspecified atom stereocenters. The minimum Gasteiger partial charge on any atom is -0.481 e. The van der Waals surface area contributed by atoms with E-state index >= 15 is 0 Å². The first kappa shape index (κ1) is 16.3. The first-order valence-electron chi connectivity index (χ1n) is 7.99. The number of nitrogens with zero attached hydrogens (tertiary/aromatic N) is 3. The number of carbonyl (C=O) groups excluding carboxylic acids is 1. The van der Waals surface area contributed by atoms with Gasteiger partial charge in [0.15, 0.2) is 0 Å². The average Bonchev–Trinajstić information content (AvgIpc) is 3.07. The summed E-state index contributed by atoms with van der Waals surface area (Å²) in [6.07, 6.45) is 0.645. The molecule has 0 bridgehead atoms. The standard InChI is InChI=1S/C17H21N3O4/c1-17(15(22)23)8-10-19(11-17)14(21)7-9-20-13-6-4-3-5-12(13)18(2)16(20)24/h3-6H,7-11H2,1-2H3,(H,22,23). The van der Waals surface area contributed by atoms with Crippen LogP contribution < -0.4 is 5.69 Å². The number of carboxylic acids is 1. The highest BCUT2D eigenvalue weighted by Crippen LogP contribution is 2.30. The van der Waals surface area contributed by atoms with E-state index in [2.05, 4.69) is 0 Å². The largest absolute Gasteiger partial charge is 0.481 e. The Morgan fingerprint density at radius 1 is 1.25 bits per heavy atom. The molecule has 7 nitrogen and oxygen atoms in total. The van der Waals surface area contributed by atoms with Crippen LogP contribution in [0.5, 0.6) is 0 Å². The molecule has 2 heterocycles. The van der Waals surface area contributed by atoms with Gasteiger partial charge in [-0.2, -0.15) is 0 Å². The van der Waals surface area contributed by atoms with Gasteiger partial charge in [0, 0.05) is 33.1 Å². The summed E-state index contributed by atoms with van der Waals surface area (Å²) in [5.74, 6) is -0.983. The Labute approximate surface area is 139 Å². The van der Waals surface area contributed by atoms with E-state index in [1.54, 1.807) is 28.0 Å². The molecular weight excluding hydrogens is 310 g/mol. The summed E-state index contributed by atoms with van der Waals surface area (Å²) in [5, 5.41) is 9.25. The number of rotatable bonds is 4. The van der Waals surface area contributed by atoms with Gasteiger partial charge in [-0.1, -0.05) is 12.1 Å². The number of benzene rings is 1. The van der Waals surface area contributed by atoms with E-state index in [1.807, 2.05) is 24.3 Å². The highest BCUT2D eigenvalue weighted by molar-refractivity contribution is 5.81. The van der Waals surface area contributed by atoms with E-state index < -0.39 is 11.4 Å². The molecule has 0 spiro atoms. The van der Waals surface area contributed by atoms with Gasteiger partial charge in [0.05, 0.1) is 16.4 Å². The van der Waals surface area contributed by atoms with Crippen molar-refractivity contribution < 1.29 is 14.7 Å². The van der Waals surface area contributed by atoms with Crippen LogP contribution in [0.2, 0.25) is 0 Å². The molecule has 1 aromatic carbocycles. The zero-order valence-corrected chi connectivity index (χ0v) is 13.9. The van der Waals surface area contributed by atoms with E-state index in [9.17, 15) is 19.5 Å². The summed E-state index contributed by atoms with van der Waals surface area (Å²) in [4.78, 5) is 37.6. The van der Waals surface area contributed by atoms with Gasteiger partial charge in [0.25, 0.3) is 0 Å². The molecule has 128 valence electrons. The van der Waals surface area contributed by atoms with Gasteiger partial charge >= 0.3 is 11.7 Å². The highest BCUT2D eigenvalue weighted by atomic mass is 16.4. The number of aryl methyl sites for hydroxylation is 2. The Morgan fingerprint density at radius 3 is 2.54 bits per heavy atom. The van der Waals surface area contributed by atoms with Gasteiger partial charge in [-0.05, 0) is 25.5 Å². The average molecular weight is 331 g/mol. The zero-order chi connectivity index (χ0) is 17.5. The molecule has 1 fully saturated rings. The second-order valence-electron chi connectivity index (χ2n) is 6.66. The van der Waals surface area contributed by atoms with E-state index in [4.69, 9.17) is 0 Å². The van der Waals surface area contributed by atoms with Gasteiger partial charge in [0.1, 0.15) is 0 Å². The van der Waals surface area contributed by atoms with Gasteiger partial charge in [-0.25, -0.2) is 4.79 Å². The third-order valence-corrected chi connectivity index (χ3v) is 4.94. The van der Waals surface area contributed by atoms with Crippen LogP contribution in [0, 0.1) is 5.41 Å². The third-order valence-electron chi connectivity index (χ3n) is 4.94. The Hall–Kier alpha value is -2.57. The maximum Gasteiger partial charge on any atom is 0.328 e. The molecule has 1 aliphatic heterocycles. The number of imidazole rings is 1. The number of aromatic nitrogens is 2. The van der Waals surface area contributed by atoms with Crippen LogP contribution >= 0.6 is 0 Å². The normalized spacial score (nSPS) is 20.7. The minimum atomic E-state index is -0.872. The van der Waals surface area contributed by atoms with Gasteiger partial charge in [0.2, 0.25) is 5.91 Å². The molecule has 1 atom stereocenters.